The van der Waals surface area contributed by atoms with Crippen LogP contribution in [-0.4, -0.2) is 39.9 Å². The van der Waals surface area contributed by atoms with Gasteiger partial charge in [-0.25, -0.2) is 13.8 Å². The average Bonchev–Trinajstić information content (AvgIpc) is 2.65. The third-order valence-electron chi connectivity index (χ3n) is 3.45. The van der Waals surface area contributed by atoms with Crippen LogP contribution in [0.25, 0.3) is 0 Å². The van der Waals surface area contributed by atoms with E-state index in [1.807, 2.05) is 0 Å². The summed E-state index contributed by atoms with van der Waals surface area (Å²) in [5.74, 6) is 0.107. The Labute approximate surface area is 169 Å². The zero-order valence-corrected chi connectivity index (χ0v) is 16.8. The number of benzene rings is 2. The molecule has 1 N–H and O–H groups in total. The Hall–Kier alpha value is -2.84. The molecule has 0 fully saturated rings. The molecule has 0 spiro atoms. The van der Waals surface area contributed by atoms with Crippen molar-refractivity contribution in [2.75, 3.05) is 23.7 Å². The number of amides is 1. The molecule has 2 rings (SSSR count). The van der Waals surface area contributed by atoms with Crippen LogP contribution in [0.5, 0.6) is 5.75 Å². The molecular formula is C19H20ClN3O4S. The normalized spacial score (nSPS) is 11.2. The molecule has 0 bridgehead atoms. The van der Waals surface area contributed by atoms with Crippen molar-refractivity contribution in [3.8, 4) is 5.75 Å². The van der Waals surface area contributed by atoms with Gasteiger partial charge in [-0.2, -0.15) is 5.10 Å². The van der Waals surface area contributed by atoms with E-state index in [1.54, 1.807) is 42.5 Å². The second kappa shape index (κ2) is 9.91. The molecule has 0 aliphatic heterocycles. The van der Waals surface area contributed by atoms with Crippen LogP contribution in [0, 0.1) is 0 Å². The maximum atomic E-state index is 12.1. The number of rotatable bonds is 9. The van der Waals surface area contributed by atoms with Crippen molar-refractivity contribution in [2.45, 2.75) is 0 Å². The third kappa shape index (κ3) is 6.71. The Morgan fingerprint density at radius 3 is 2.43 bits per heavy atom. The molecule has 2 aromatic rings. The lowest BCUT2D eigenvalue weighted by Gasteiger charge is -2.21. The van der Waals surface area contributed by atoms with Gasteiger partial charge in [-0.15, -0.1) is 0 Å². The molecule has 9 heteroatoms. The number of hydrogen-bond acceptors (Lipinski definition) is 5. The van der Waals surface area contributed by atoms with Crippen molar-refractivity contribution >= 4 is 39.4 Å². The van der Waals surface area contributed by atoms with Crippen LogP contribution in [0.1, 0.15) is 5.56 Å². The fourth-order valence-electron chi connectivity index (χ4n) is 2.16. The van der Waals surface area contributed by atoms with E-state index in [-0.39, 0.29) is 0 Å². The lowest BCUT2D eigenvalue weighted by molar-refractivity contribution is -0.119. The van der Waals surface area contributed by atoms with Gasteiger partial charge in [0.1, 0.15) is 18.9 Å². The second-order valence-corrected chi connectivity index (χ2v) is 8.05. The number of nitrogens with zero attached hydrogens (tertiary/aromatic N) is 2. The highest BCUT2D eigenvalue weighted by Gasteiger charge is 2.20. The second-order valence-electron chi connectivity index (χ2n) is 5.71. The number of sulfonamides is 1. The average molecular weight is 422 g/mol. The number of hydrazone groups is 1. The van der Waals surface area contributed by atoms with Crippen LogP contribution in [-0.2, 0) is 14.8 Å². The summed E-state index contributed by atoms with van der Waals surface area (Å²) < 4.78 is 30.4. The van der Waals surface area contributed by atoms with Crippen LogP contribution in [0.2, 0.25) is 5.02 Å². The monoisotopic (exact) mass is 421 g/mol. The summed E-state index contributed by atoms with van der Waals surface area (Å²) in [5, 5.41) is 4.32. The van der Waals surface area contributed by atoms with Gasteiger partial charge >= 0.3 is 0 Å². The minimum atomic E-state index is -3.66. The van der Waals surface area contributed by atoms with Gasteiger partial charge in [0.15, 0.2) is 0 Å². The number of ether oxygens (including phenoxy) is 1. The Balaban J connectivity index is 1.98. The summed E-state index contributed by atoms with van der Waals surface area (Å²) in [7, 11) is -3.66. The van der Waals surface area contributed by atoms with Crippen LogP contribution in [0.4, 0.5) is 5.69 Å². The fourth-order valence-corrected chi connectivity index (χ4v) is 3.14. The Kier molecular flexibility index (Phi) is 7.60. The zero-order chi connectivity index (χ0) is 20.6. The predicted octanol–water partition coefficient (Wildman–Crippen LogP) is 2.82. The van der Waals surface area contributed by atoms with Crippen molar-refractivity contribution in [1.29, 1.82) is 0 Å². The molecule has 0 aliphatic rings. The molecule has 148 valence electrons. The number of carbonyl (C=O) groups excluding carboxylic acids is 1. The van der Waals surface area contributed by atoms with Gasteiger partial charge in [0.05, 0.1) is 18.2 Å². The number of carbonyl (C=O) groups is 1. The van der Waals surface area contributed by atoms with Crippen molar-refractivity contribution in [3.63, 3.8) is 0 Å². The van der Waals surface area contributed by atoms with E-state index < -0.39 is 22.5 Å². The molecule has 28 heavy (non-hydrogen) atoms. The number of anilines is 1. The first-order chi connectivity index (χ1) is 13.3. The quantitative estimate of drug-likeness (QED) is 0.383. The van der Waals surface area contributed by atoms with E-state index in [4.69, 9.17) is 16.3 Å². The van der Waals surface area contributed by atoms with E-state index in [0.29, 0.717) is 23.1 Å². The van der Waals surface area contributed by atoms with Gasteiger partial charge in [-0.1, -0.05) is 24.3 Å². The maximum Gasteiger partial charge on any atom is 0.260 e. The summed E-state index contributed by atoms with van der Waals surface area (Å²) in [6.45, 7) is 3.58. The smallest absolute Gasteiger partial charge is 0.260 e. The molecule has 0 heterocycles. The third-order valence-corrected chi connectivity index (χ3v) is 4.85. The molecule has 0 radical (unpaired) electrons. The lowest BCUT2D eigenvalue weighted by Crippen LogP contribution is -2.38. The highest BCUT2D eigenvalue weighted by molar-refractivity contribution is 7.92. The van der Waals surface area contributed by atoms with Gasteiger partial charge in [-0.05, 0) is 54.1 Å². The first-order valence-corrected chi connectivity index (χ1v) is 10.4. The van der Waals surface area contributed by atoms with Crippen LogP contribution in [0.3, 0.4) is 0 Å². The van der Waals surface area contributed by atoms with Crippen molar-refractivity contribution < 1.29 is 17.9 Å². The molecule has 0 unspecified atom stereocenters. The number of halogens is 1. The van der Waals surface area contributed by atoms with Gasteiger partial charge in [0, 0.05) is 5.02 Å². The minimum Gasteiger partial charge on any atom is -0.490 e. The van der Waals surface area contributed by atoms with Gasteiger partial charge in [-0.3, -0.25) is 9.10 Å². The first-order valence-electron chi connectivity index (χ1n) is 8.18. The maximum absolute atomic E-state index is 12.1. The molecule has 7 nitrogen and oxygen atoms in total. The minimum absolute atomic E-state index is 0.334. The van der Waals surface area contributed by atoms with E-state index in [2.05, 4.69) is 17.1 Å². The van der Waals surface area contributed by atoms with E-state index in [9.17, 15) is 13.2 Å². The molecule has 1 amide bonds. The first kappa shape index (κ1) is 21.5. The van der Waals surface area contributed by atoms with Gasteiger partial charge in [0.25, 0.3) is 5.91 Å². The van der Waals surface area contributed by atoms with Crippen molar-refractivity contribution in [2.24, 2.45) is 5.10 Å². The molecule has 0 aromatic heterocycles. The molecule has 0 saturated carbocycles. The molecule has 0 saturated heterocycles. The summed E-state index contributed by atoms with van der Waals surface area (Å²) in [6, 6.07) is 13.2. The Morgan fingerprint density at radius 2 is 1.86 bits per heavy atom. The highest BCUT2D eigenvalue weighted by Crippen LogP contribution is 2.20. The Bertz CT molecular complexity index is 942. The summed E-state index contributed by atoms with van der Waals surface area (Å²) in [5.41, 5.74) is 3.39. The zero-order valence-electron chi connectivity index (χ0n) is 15.2. The predicted molar refractivity (Wildman–Crippen MR) is 112 cm³/mol. The van der Waals surface area contributed by atoms with Crippen LogP contribution >= 0.6 is 11.6 Å². The fraction of sp³-hybridized carbons (Fsp3) is 0.158. The molecular weight excluding hydrogens is 402 g/mol. The van der Waals surface area contributed by atoms with Gasteiger partial charge < -0.3 is 4.74 Å². The number of nitrogens with one attached hydrogen (secondary N) is 1. The molecule has 0 aliphatic carbocycles. The van der Waals surface area contributed by atoms with E-state index in [0.717, 1.165) is 16.1 Å². The topological polar surface area (TPSA) is 88.1 Å². The lowest BCUT2D eigenvalue weighted by atomic mass is 10.2. The molecule has 2 aromatic carbocycles. The van der Waals surface area contributed by atoms with Crippen LogP contribution in [0.15, 0.2) is 66.3 Å². The van der Waals surface area contributed by atoms with Crippen molar-refractivity contribution in [1.82, 2.24) is 5.43 Å². The highest BCUT2D eigenvalue weighted by atomic mass is 35.5. The largest absolute Gasteiger partial charge is 0.490 e. The Morgan fingerprint density at radius 1 is 1.21 bits per heavy atom. The van der Waals surface area contributed by atoms with Gasteiger partial charge in [0.2, 0.25) is 10.0 Å². The van der Waals surface area contributed by atoms with E-state index in [1.165, 1.54) is 18.3 Å². The summed E-state index contributed by atoms with van der Waals surface area (Å²) in [6.07, 6.45) is 4.12. The standard InChI is InChI=1S/C19H20ClN3O4S/c1-3-12-27-18-10-4-15(5-11-18)13-21-22-19(24)14-23(28(2,25)26)17-8-6-16(20)7-9-17/h3-11,13H,1,12,14H2,2H3,(H,22,24)/b21-13-. The van der Waals surface area contributed by atoms with Crippen molar-refractivity contribution in [3.05, 3.63) is 71.8 Å². The number of hydrogen-bond donors (Lipinski definition) is 1. The molecule has 0 atom stereocenters. The summed E-state index contributed by atoms with van der Waals surface area (Å²) >= 11 is 5.82. The van der Waals surface area contributed by atoms with E-state index >= 15 is 0 Å². The summed E-state index contributed by atoms with van der Waals surface area (Å²) in [4.78, 5) is 12.1. The van der Waals surface area contributed by atoms with Crippen LogP contribution < -0.4 is 14.5 Å². The SMILES string of the molecule is C=CCOc1ccc(/C=N\NC(=O)CN(c2ccc(Cl)cc2)S(C)(=O)=O)cc1.